The summed E-state index contributed by atoms with van der Waals surface area (Å²) in [6.45, 7) is 0. The van der Waals surface area contributed by atoms with E-state index < -0.39 is 17.9 Å². The number of benzene rings is 2. The molecule has 0 aliphatic carbocycles. The summed E-state index contributed by atoms with van der Waals surface area (Å²) in [5.41, 5.74) is 1.44. The second-order valence-electron chi connectivity index (χ2n) is 5.52. The molecule has 2 N–H and O–H groups in total. The van der Waals surface area contributed by atoms with Crippen LogP contribution in [0.25, 0.3) is 5.69 Å². The summed E-state index contributed by atoms with van der Waals surface area (Å²) in [5, 5.41) is 20.1. The van der Waals surface area contributed by atoms with Crippen molar-refractivity contribution in [3.8, 4) is 5.69 Å². The molecule has 132 valence electrons. The molecule has 1 unspecified atom stereocenters. The maximum Gasteiger partial charge on any atom is 0.326 e. The third kappa shape index (κ3) is 3.89. The van der Waals surface area contributed by atoms with Gasteiger partial charge in [0, 0.05) is 11.4 Å². The Labute approximate surface area is 154 Å². The number of hydrogen-bond acceptors (Lipinski definition) is 4. The number of carboxylic acid groups (broad SMARTS) is 1. The number of amides is 1. The Bertz CT molecular complexity index is 928. The number of para-hydroxylation sites is 1. The van der Waals surface area contributed by atoms with Gasteiger partial charge in [-0.1, -0.05) is 47.1 Å². The standard InChI is InChI=1S/C18H15ClN4O3/c19-14-7-3-1-5-12(14)11-15(18(25)26)21-17(24)13-6-2-4-8-16(13)23-10-9-20-22-23/h1-10,15H,11H2,(H,21,24)(H,25,26). The zero-order valence-electron chi connectivity index (χ0n) is 13.5. The third-order valence-electron chi connectivity index (χ3n) is 3.80. The lowest BCUT2D eigenvalue weighted by atomic mass is 10.0. The Morgan fingerprint density at radius 2 is 1.88 bits per heavy atom. The van der Waals surface area contributed by atoms with E-state index in [1.807, 2.05) is 0 Å². The quantitative estimate of drug-likeness (QED) is 0.694. The largest absolute Gasteiger partial charge is 0.480 e. The fraction of sp³-hybridized carbons (Fsp3) is 0.111. The van der Waals surface area contributed by atoms with Crippen molar-refractivity contribution in [1.29, 1.82) is 0 Å². The van der Waals surface area contributed by atoms with Crippen LogP contribution in [0.15, 0.2) is 60.9 Å². The molecule has 1 heterocycles. The van der Waals surface area contributed by atoms with E-state index in [4.69, 9.17) is 11.6 Å². The Hall–Kier alpha value is -3.19. The highest BCUT2D eigenvalue weighted by Gasteiger charge is 2.23. The first-order valence-corrected chi connectivity index (χ1v) is 8.17. The Morgan fingerprint density at radius 1 is 1.15 bits per heavy atom. The number of carbonyl (C=O) groups excluding carboxylic acids is 1. The third-order valence-corrected chi connectivity index (χ3v) is 4.17. The van der Waals surface area contributed by atoms with E-state index >= 15 is 0 Å². The smallest absolute Gasteiger partial charge is 0.326 e. The molecule has 0 radical (unpaired) electrons. The van der Waals surface area contributed by atoms with Gasteiger partial charge in [0.2, 0.25) is 0 Å². The summed E-state index contributed by atoms with van der Waals surface area (Å²) in [7, 11) is 0. The minimum absolute atomic E-state index is 0.0756. The van der Waals surface area contributed by atoms with Gasteiger partial charge in [-0.15, -0.1) is 5.10 Å². The molecule has 7 nitrogen and oxygen atoms in total. The monoisotopic (exact) mass is 370 g/mol. The molecular weight excluding hydrogens is 356 g/mol. The fourth-order valence-electron chi connectivity index (χ4n) is 2.52. The molecule has 3 aromatic rings. The van der Waals surface area contributed by atoms with Gasteiger partial charge < -0.3 is 10.4 Å². The van der Waals surface area contributed by atoms with Crippen molar-refractivity contribution in [2.45, 2.75) is 12.5 Å². The van der Waals surface area contributed by atoms with Crippen LogP contribution in [-0.2, 0) is 11.2 Å². The average Bonchev–Trinajstić information content (AvgIpc) is 3.17. The van der Waals surface area contributed by atoms with Gasteiger partial charge >= 0.3 is 5.97 Å². The molecule has 8 heteroatoms. The number of halogens is 1. The lowest BCUT2D eigenvalue weighted by molar-refractivity contribution is -0.139. The second-order valence-corrected chi connectivity index (χ2v) is 5.93. The van der Waals surface area contributed by atoms with Gasteiger partial charge in [0.15, 0.2) is 0 Å². The molecule has 0 saturated carbocycles. The Morgan fingerprint density at radius 3 is 2.58 bits per heavy atom. The van der Waals surface area contributed by atoms with E-state index in [0.717, 1.165) is 0 Å². The van der Waals surface area contributed by atoms with Crippen LogP contribution in [0, 0.1) is 0 Å². The van der Waals surface area contributed by atoms with Gasteiger partial charge in [-0.05, 0) is 23.8 Å². The Kier molecular flexibility index (Phi) is 5.28. The predicted molar refractivity (Wildman–Crippen MR) is 95.4 cm³/mol. The van der Waals surface area contributed by atoms with E-state index in [-0.39, 0.29) is 6.42 Å². The molecule has 0 saturated heterocycles. The number of hydrogen-bond donors (Lipinski definition) is 2. The summed E-state index contributed by atoms with van der Waals surface area (Å²) in [6.07, 6.45) is 3.17. The summed E-state index contributed by atoms with van der Waals surface area (Å²) < 4.78 is 1.44. The zero-order chi connectivity index (χ0) is 18.5. The molecule has 26 heavy (non-hydrogen) atoms. The first-order chi connectivity index (χ1) is 12.6. The maximum absolute atomic E-state index is 12.7. The molecular formula is C18H15ClN4O3. The molecule has 1 amide bonds. The van der Waals surface area contributed by atoms with E-state index in [0.29, 0.717) is 21.8 Å². The van der Waals surface area contributed by atoms with Crippen molar-refractivity contribution in [3.63, 3.8) is 0 Å². The van der Waals surface area contributed by atoms with Crippen LogP contribution in [0.1, 0.15) is 15.9 Å². The van der Waals surface area contributed by atoms with Crippen molar-refractivity contribution in [2.75, 3.05) is 0 Å². The molecule has 3 rings (SSSR count). The minimum Gasteiger partial charge on any atom is -0.480 e. The fourth-order valence-corrected chi connectivity index (χ4v) is 2.73. The molecule has 1 atom stereocenters. The molecule has 0 aliphatic heterocycles. The molecule has 0 bridgehead atoms. The minimum atomic E-state index is -1.14. The van der Waals surface area contributed by atoms with E-state index in [9.17, 15) is 14.7 Å². The Balaban J connectivity index is 1.84. The molecule has 1 aromatic heterocycles. The summed E-state index contributed by atoms with van der Waals surface area (Å²) in [4.78, 5) is 24.3. The number of carbonyl (C=O) groups is 2. The normalized spacial score (nSPS) is 11.7. The SMILES string of the molecule is O=C(NC(Cc1ccccc1Cl)C(=O)O)c1ccccc1-n1ccnn1. The van der Waals surface area contributed by atoms with Gasteiger partial charge in [0.1, 0.15) is 6.04 Å². The topological polar surface area (TPSA) is 97.1 Å². The van der Waals surface area contributed by atoms with Gasteiger partial charge in [-0.25, -0.2) is 9.48 Å². The van der Waals surface area contributed by atoms with Crippen molar-refractivity contribution in [2.24, 2.45) is 0 Å². The van der Waals surface area contributed by atoms with Crippen LogP contribution >= 0.6 is 11.6 Å². The van der Waals surface area contributed by atoms with Crippen LogP contribution < -0.4 is 5.32 Å². The van der Waals surface area contributed by atoms with E-state index in [1.165, 1.54) is 10.9 Å². The van der Waals surface area contributed by atoms with Gasteiger partial charge in [-0.2, -0.15) is 0 Å². The van der Waals surface area contributed by atoms with E-state index in [1.54, 1.807) is 54.7 Å². The van der Waals surface area contributed by atoms with Crippen LogP contribution in [-0.4, -0.2) is 38.0 Å². The number of aromatic nitrogens is 3. The maximum atomic E-state index is 12.7. The van der Waals surface area contributed by atoms with Crippen LogP contribution in [0.4, 0.5) is 0 Å². The lowest BCUT2D eigenvalue weighted by Crippen LogP contribution is -2.42. The number of rotatable bonds is 6. The number of carboxylic acids is 1. The van der Waals surface area contributed by atoms with E-state index in [2.05, 4.69) is 15.6 Å². The van der Waals surface area contributed by atoms with Gasteiger partial charge in [0.25, 0.3) is 5.91 Å². The van der Waals surface area contributed by atoms with Crippen molar-refractivity contribution in [3.05, 3.63) is 77.1 Å². The lowest BCUT2D eigenvalue weighted by Gasteiger charge is -2.16. The highest BCUT2D eigenvalue weighted by atomic mass is 35.5. The summed E-state index contributed by atoms with van der Waals surface area (Å²) in [6, 6.07) is 12.6. The van der Waals surface area contributed by atoms with Crippen molar-refractivity contribution < 1.29 is 14.7 Å². The predicted octanol–water partition coefficient (Wildman–Crippen LogP) is 2.35. The average molecular weight is 371 g/mol. The summed E-state index contributed by atoms with van der Waals surface area (Å²) >= 11 is 6.10. The van der Waals surface area contributed by atoms with Crippen LogP contribution in [0.2, 0.25) is 5.02 Å². The number of nitrogens with zero attached hydrogens (tertiary/aromatic N) is 3. The van der Waals surface area contributed by atoms with Gasteiger partial charge in [-0.3, -0.25) is 4.79 Å². The molecule has 0 fully saturated rings. The molecule has 0 spiro atoms. The highest BCUT2D eigenvalue weighted by Crippen LogP contribution is 2.18. The highest BCUT2D eigenvalue weighted by molar-refractivity contribution is 6.31. The molecule has 2 aromatic carbocycles. The second kappa shape index (κ2) is 7.79. The number of aliphatic carboxylic acids is 1. The van der Waals surface area contributed by atoms with Crippen LogP contribution in [0.5, 0.6) is 0 Å². The zero-order valence-corrected chi connectivity index (χ0v) is 14.3. The summed E-state index contributed by atoms with van der Waals surface area (Å²) in [5.74, 6) is -1.66. The van der Waals surface area contributed by atoms with Crippen molar-refractivity contribution in [1.82, 2.24) is 20.3 Å². The number of nitrogens with one attached hydrogen (secondary N) is 1. The first kappa shape index (κ1) is 17.6. The molecule has 0 aliphatic rings. The van der Waals surface area contributed by atoms with Crippen molar-refractivity contribution >= 4 is 23.5 Å². The first-order valence-electron chi connectivity index (χ1n) is 7.79. The van der Waals surface area contributed by atoms with Crippen LogP contribution in [0.3, 0.4) is 0 Å². The van der Waals surface area contributed by atoms with Gasteiger partial charge in [0.05, 0.1) is 23.6 Å².